The van der Waals surface area contributed by atoms with Gasteiger partial charge in [0.25, 0.3) is 5.91 Å². The summed E-state index contributed by atoms with van der Waals surface area (Å²) in [6, 6.07) is 6.87. The Morgan fingerprint density at radius 1 is 1.44 bits per heavy atom. The summed E-state index contributed by atoms with van der Waals surface area (Å²) in [5, 5.41) is 2.84. The fourth-order valence-electron chi connectivity index (χ4n) is 1.38. The molecule has 1 rings (SSSR count). The molecule has 0 aliphatic carbocycles. The Morgan fingerprint density at radius 2 is 2.17 bits per heavy atom. The Labute approximate surface area is 107 Å². The Bertz CT molecular complexity index is 417. The van der Waals surface area contributed by atoms with E-state index in [9.17, 15) is 9.59 Å². The van der Waals surface area contributed by atoms with Gasteiger partial charge in [-0.3, -0.25) is 9.59 Å². The SMILES string of the molecule is CCC(C)NC(=O)C(C)Oc1cccc(C=O)c1. The summed E-state index contributed by atoms with van der Waals surface area (Å²) >= 11 is 0. The minimum absolute atomic E-state index is 0.129. The molecule has 4 heteroatoms. The van der Waals surface area contributed by atoms with E-state index in [1.165, 1.54) is 0 Å². The van der Waals surface area contributed by atoms with Gasteiger partial charge >= 0.3 is 0 Å². The monoisotopic (exact) mass is 249 g/mol. The molecule has 0 fully saturated rings. The number of aldehydes is 1. The van der Waals surface area contributed by atoms with Crippen molar-refractivity contribution < 1.29 is 14.3 Å². The second kappa shape index (κ2) is 6.79. The number of amides is 1. The smallest absolute Gasteiger partial charge is 0.260 e. The Balaban J connectivity index is 2.60. The highest BCUT2D eigenvalue weighted by Crippen LogP contribution is 2.14. The fraction of sp³-hybridized carbons (Fsp3) is 0.429. The van der Waals surface area contributed by atoms with Crippen LogP contribution in [0.1, 0.15) is 37.6 Å². The van der Waals surface area contributed by atoms with Crippen LogP contribution in [-0.2, 0) is 4.79 Å². The Hall–Kier alpha value is -1.84. The largest absolute Gasteiger partial charge is 0.481 e. The first-order chi connectivity index (χ1) is 8.56. The molecule has 4 nitrogen and oxygen atoms in total. The van der Waals surface area contributed by atoms with E-state index in [0.717, 1.165) is 12.7 Å². The van der Waals surface area contributed by atoms with E-state index in [1.54, 1.807) is 31.2 Å². The molecular formula is C14H19NO3. The molecule has 0 bridgehead atoms. The molecule has 98 valence electrons. The van der Waals surface area contributed by atoms with Gasteiger partial charge in [-0.1, -0.05) is 19.1 Å². The maximum atomic E-state index is 11.8. The van der Waals surface area contributed by atoms with Crippen molar-refractivity contribution in [3.05, 3.63) is 29.8 Å². The van der Waals surface area contributed by atoms with Crippen LogP contribution in [0.25, 0.3) is 0 Å². The van der Waals surface area contributed by atoms with Crippen molar-refractivity contribution >= 4 is 12.2 Å². The zero-order valence-electron chi connectivity index (χ0n) is 11.0. The van der Waals surface area contributed by atoms with Gasteiger partial charge in [0.05, 0.1) is 0 Å². The lowest BCUT2D eigenvalue weighted by molar-refractivity contribution is -0.127. The summed E-state index contributed by atoms with van der Waals surface area (Å²) in [7, 11) is 0. The predicted molar refractivity (Wildman–Crippen MR) is 69.8 cm³/mol. The highest BCUT2D eigenvalue weighted by molar-refractivity contribution is 5.81. The molecule has 0 saturated heterocycles. The van der Waals surface area contributed by atoms with Crippen molar-refractivity contribution in [3.63, 3.8) is 0 Å². The van der Waals surface area contributed by atoms with E-state index in [1.807, 2.05) is 13.8 Å². The molecule has 1 aromatic carbocycles. The third kappa shape index (κ3) is 4.20. The van der Waals surface area contributed by atoms with Crippen molar-refractivity contribution in [1.29, 1.82) is 0 Å². The number of benzene rings is 1. The second-order valence-corrected chi connectivity index (χ2v) is 4.27. The van der Waals surface area contributed by atoms with Gasteiger partial charge in [0.1, 0.15) is 12.0 Å². The van der Waals surface area contributed by atoms with Crippen molar-refractivity contribution in [2.24, 2.45) is 0 Å². The van der Waals surface area contributed by atoms with Crippen LogP contribution in [0.5, 0.6) is 5.75 Å². The fourth-order valence-corrected chi connectivity index (χ4v) is 1.38. The first-order valence-electron chi connectivity index (χ1n) is 6.09. The third-order valence-electron chi connectivity index (χ3n) is 2.68. The predicted octanol–water partition coefficient (Wildman–Crippen LogP) is 2.18. The van der Waals surface area contributed by atoms with Gasteiger partial charge in [-0.25, -0.2) is 0 Å². The average molecular weight is 249 g/mol. The van der Waals surface area contributed by atoms with Gasteiger partial charge in [-0.05, 0) is 32.4 Å². The molecule has 0 radical (unpaired) electrons. The van der Waals surface area contributed by atoms with Gasteiger partial charge in [0, 0.05) is 11.6 Å². The molecule has 0 aromatic heterocycles. The van der Waals surface area contributed by atoms with Gasteiger partial charge in [-0.2, -0.15) is 0 Å². The lowest BCUT2D eigenvalue weighted by Crippen LogP contribution is -2.40. The zero-order chi connectivity index (χ0) is 13.5. The summed E-state index contributed by atoms with van der Waals surface area (Å²) in [6.07, 6.45) is 1.04. The van der Waals surface area contributed by atoms with Crippen molar-refractivity contribution in [3.8, 4) is 5.75 Å². The number of nitrogens with one attached hydrogen (secondary N) is 1. The molecule has 2 atom stereocenters. The number of hydrogen-bond acceptors (Lipinski definition) is 3. The van der Waals surface area contributed by atoms with Crippen LogP contribution in [0.3, 0.4) is 0 Å². The zero-order valence-corrected chi connectivity index (χ0v) is 11.0. The molecule has 0 spiro atoms. The van der Waals surface area contributed by atoms with Crippen LogP contribution in [0, 0.1) is 0 Å². The topological polar surface area (TPSA) is 55.4 Å². The summed E-state index contributed by atoms with van der Waals surface area (Å²) in [4.78, 5) is 22.4. The maximum Gasteiger partial charge on any atom is 0.260 e. The summed E-state index contributed by atoms with van der Waals surface area (Å²) < 4.78 is 5.49. The second-order valence-electron chi connectivity index (χ2n) is 4.27. The van der Waals surface area contributed by atoms with Gasteiger partial charge in [0.15, 0.2) is 6.10 Å². The molecule has 0 heterocycles. The molecule has 1 aromatic rings. The molecule has 0 aliphatic rings. The van der Waals surface area contributed by atoms with Crippen LogP contribution in [-0.4, -0.2) is 24.3 Å². The first-order valence-corrected chi connectivity index (χ1v) is 6.09. The minimum Gasteiger partial charge on any atom is -0.481 e. The van der Waals surface area contributed by atoms with Crippen molar-refractivity contribution in [2.45, 2.75) is 39.3 Å². The summed E-state index contributed by atoms with van der Waals surface area (Å²) in [6.45, 7) is 5.63. The molecule has 0 saturated carbocycles. The molecule has 0 aliphatic heterocycles. The van der Waals surface area contributed by atoms with Crippen LogP contribution in [0.15, 0.2) is 24.3 Å². The molecule has 1 N–H and O–H groups in total. The van der Waals surface area contributed by atoms with E-state index in [4.69, 9.17) is 4.74 Å². The maximum absolute atomic E-state index is 11.8. The normalized spacial score (nSPS) is 13.5. The highest BCUT2D eigenvalue weighted by Gasteiger charge is 2.16. The van der Waals surface area contributed by atoms with Crippen molar-refractivity contribution in [1.82, 2.24) is 5.32 Å². The van der Waals surface area contributed by atoms with Crippen molar-refractivity contribution in [2.75, 3.05) is 0 Å². The first kappa shape index (κ1) is 14.2. The summed E-state index contributed by atoms with van der Waals surface area (Å²) in [5.74, 6) is 0.368. The molecule has 2 unspecified atom stereocenters. The van der Waals surface area contributed by atoms with E-state index >= 15 is 0 Å². The number of carbonyl (C=O) groups excluding carboxylic acids is 2. The number of ether oxygens (including phenoxy) is 1. The lowest BCUT2D eigenvalue weighted by atomic mass is 10.2. The van der Waals surface area contributed by atoms with Crippen LogP contribution >= 0.6 is 0 Å². The van der Waals surface area contributed by atoms with E-state index in [-0.39, 0.29) is 11.9 Å². The minimum atomic E-state index is -0.582. The highest BCUT2D eigenvalue weighted by atomic mass is 16.5. The van der Waals surface area contributed by atoms with Gasteiger partial charge < -0.3 is 10.1 Å². The number of hydrogen-bond donors (Lipinski definition) is 1. The number of carbonyl (C=O) groups is 2. The van der Waals surface area contributed by atoms with Crippen LogP contribution < -0.4 is 10.1 Å². The average Bonchev–Trinajstić information content (AvgIpc) is 2.38. The molecular weight excluding hydrogens is 230 g/mol. The van der Waals surface area contributed by atoms with E-state index < -0.39 is 6.10 Å². The number of rotatable bonds is 6. The van der Waals surface area contributed by atoms with Gasteiger partial charge in [-0.15, -0.1) is 0 Å². The lowest BCUT2D eigenvalue weighted by Gasteiger charge is -2.17. The standard InChI is InChI=1S/C14H19NO3/c1-4-10(2)15-14(17)11(3)18-13-7-5-6-12(8-13)9-16/h5-11H,4H2,1-3H3,(H,15,17). The third-order valence-corrected chi connectivity index (χ3v) is 2.68. The quantitative estimate of drug-likeness (QED) is 0.786. The molecule has 1 amide bonds. The summed E-state index contributed by atoms with van der Waals surface area (Å²) in [5.41, 5.74) is 0.530. The van der Waals surface area contributed by atoms with Gasteiger partial charge in [0.2, 0.25) is 0 Å². The Kier molecular flexibility index (Phi) is 5.36. The van der Waals surface area contributed by atoms with E-state index in [0.29, 0.717) is 11.3 Å². The van der Waals surface area contributed by atoms with Crippen LogP contribution in [0.4, 0.5) is 0 Å². The Morgan fingerprint density at radius 3 is 2.78 bits per heavy atom. The molecule has 18 heavy (non-hydrogen) atoms. The van der Waals surface area contributed by atoms with E-state index in [2.05, 4.69) is 5.32 Å². The van der Waals surface area contributed by atoms with Crippen LogP contribution in [0.2, 0.25) is 0 Å².